The van der Waals surface area contributed by atoms with Crippen molar-refractivity contribution in [2.24, 2.45) is 7.05 Å². The maximum absolute atomic E-state index is 12.6. The van der Waals surface area contributed by atoms with Crippen LogP contribution in [0.15, 0.2) is 36.5 Å². The summed E-state index contributed by atoms with van der Waals surface area (Å²) in [7, 11) is 1.92. The number of carbonyl (C=O) groups excluding carboxylic acids is 1. The van der Waals surface area contributed by atoms with E-state index in [9.17, 15) is 4.79 Å². The number of rotatable bonds is 2. The Morgan fingerprint density at radius 1 is 1.29 bits per heavy atom. The van der Waals surface area contributed by atoms with Gasteiger partial charge in [0.25, 0.3) is 5.91 Å². The van der Waals surface area contributed by atoms with Crippen LogP contribution in [0.2, 0.25) is 5.02 Å². The molecule has 1 aliphatic rings. The molecule has 1 amide bonds. The maximum Gasteiger partial charge on any atom is 0.253 e. The molecule has 1 aromatic carbocycles. The topological polar surface area (TPSA) is 38.1 Å². The zero-order chi connectivity index (χ0) is 14.8. The van der Waals surface area contributed by atoms with Crippen LogP contribution < -0.4 is 0 Å². The zero-order valence-electron chi connectivity index (χ0n) is 12.0. The van der Waals surface area contributed by atoms with Crippen molar-refractivity contribution < 1.29 is 4.79 Å². The van der Waals surface area contributed by atoms with Gasteiger partial charge in [-0.3, -0.25) is 9.48 Å². The van der Waals surface area contributed by atoms with E-state index in [2.05, 4.69) is 5.10 Å². The minimum Gasteiger partial charge on any atom is -0.338 e. The van der Waals surface area contributed by atoms with Gasteiger partial charge < -0.3 is 4.90 Å². The fraction of sp³-hybridized carbons (Fsp3) is 0.375. The Kier molecular flexibility index (Phi) is 3.97. The van der Waals surface area contributed by atoms with Crippen molar-refractivity contribution in [3.8, 4) is 0 Å². The van der Waals surface area contributed by atoms with Gasteiger partial charge in [0.15, 0.2) is 0 Å². The molecule has 0 saturated carbocycles. The van der Waals surface area contributed by atoms with Gasteiger partial charge in [-0.25, -0.2) is 0 Å². The fourth-order valence-electron chi connectivity index (χ4n) is 2.83. The Hall–Kier alpha value is -1.81. The fourth-order valence-corrected chi connectivity index (χ4v) is 2.95. The first kappa shape index (κ1) is 14.1. The van der Waals surface area contributed by atoms with Crippen molar-refractivity contribution >= 4 is 17.5 Å². The van der Waals surface area contributed by atoms with Crippen LogP contribution in [0, 0.1) is 0 Å². The lowest BCUT2D eigenvalue weighted by molar-refractivity contribution is 0.0706. The lowest BCUT2D eigenvalue weighted by Crippen LogP contribution is -2.39. The first-order chi connectivity index (χ1) is 10.1. The predicted octanol–water partition coefficient (Wildman–Crippen LogP) is 3.09. The molecule has 1 fully saturated rings. The summed E-state index contributed by atoms with van der Waals surface area (Å²) in [5.74, 6) is 0.406. The van der Waals surface area contributed by atoms with Gasteiger partial charge in [0, 0.05) is 42.8 Å². The van der Waals surface area contributed by atoms with Gasteiger partial charge in [-0.05, 0) is 43.2 Å². The molecule has 1 saturated heterocycles. The second-order valence-electron chi connectivity index (χ2n) is 5.51. The second kappa shape index (κ2) is 5.90. The number of carbonyl (C=O) groups is 1. The van der Waals surface area contributed by atoms with Gasteiger partial charge in [-0.15, -0.1) is 0 Å². The molecule has 1 atom stereocenters. The van der Waals surface area contributed by atoms with E-state index in [4.69, 9.17) is 11.6 Å². The summed E-state index contributed by atoms with van der Waals surface area (Å²) in [6, 6.07) is 9.13. The minimum atomic E-state index is 0.0762. The van der Waals surface area contributed by atoms with Crippen LogP contribution >= 0.6 is 11.6 Å². The molecular weight excluding hydrogens is 286 g/mol. The molecule has 3 rings (SSSR count). The Morgan fingerprint density at radius 3 is 2.71 bits per heavy atom. The number of likely N-dealkylation sites (tertiary alicyclic amines) is 1. The van der Waals surface area contributed by atoms with E-state index in [1.54, 1.807) is 24.3 Å². The molecule has 110 valence electrons. The summed E-state index contributed by atoms with van der Waals surface area (Å²) < 4.78 is 1.81. The zero-order valence-corrected chi connectivity index (χ0v) is 12.8. The average molecular weight is 304 g/mol. The molecule has 1 aromatic heterocycles. The van der Waals surface area contributed by atoms with Crippen molar-refractivity contribution in [1.82, 2.24) is 14.7 Å². The number of hydrogen-bond acceptors (Lipinski definition) is 2. The quantitative estimate of drug-likeness (QED) is 0.855. The molecule has 21 heavy (non-hydrogen) atoms. The first-order valence-corrected chi connectivity index (χ1v) is 7.55. The predicted molar refractivity (Wildman–Crippen MR) is 82.5 cm³/mol. The molecule has 0 aliphatic carbocycles. The van der Waals surface area contributed by atoms with Crippen molar-refractivity contribution in [1.29, 1.82) is 0 Å². The highest BCUT2D eigenvalue weighted by Crippen LogP contribution is 2.26. The highest BCUT2D eigenvalue weighted by Gasteiger charge is 2.26. The molecular formula is C16H18ClN3O. The van der Waals surface area contributed by atoms with Crippen molar-refractivity contribution in [3.05, 3.63) is 52.8 Å². The van der Waals surface area contributed by atoms with Crippen molar-refractivity contribution in [2.45, 2.75) is 18.8 Å². The molecule has 0 radical (unpaired) electrons. The molecule has 5 heteroatoms. The van der Waals surface area contributed by atoms with Crippen LogP contribution in [0.4, 0.5) is 0 Å². The van der Waals surface area contributed by atoms with Crippen LogP contribution in [0.1, 0.15) is 34.8 Å². The summed E-state index contributed by atoms with van der Waals surface area (Å²) in [4.78, 5) is 14.5. The number of hydrogen-bond donors (Lipinski definition) is 0. The highest BCUT2D eigenvalue weighted by molar-refractivity contribution is 6.30. The standard InChI is InChI=1S/C16H18ClN3O/c1-19-10-8-15(18-19)13-3-2-9-20(11-13)16(21)12-4-6-14(17)7-5-12/h4-8,10,13H,2-3,9,11H2,1H3/t13-/m1/s1. The Bertz CT molecular complexity index is 635. The number of benzene rings is 1. The molecule has 0 N–H and O–H groups in total. The third-order valence-electron chi connectivity index (χ3n) is 3.95. The van der Waals surface area contributed by atoms with Gasteiger partial charge in [0.2, 0.25) is 0 Å². The number of aromatic nitrogens is 2. The van der Waals surface area contributed by atoms with E-state index >= 15 is 0 Å². The molecule has 0 spiro atoms. The number of aryl methyl sites for hydroxylation is 1. The van der Waals surface area contributed by atoms with Gasteiger partial charge in [0.1, 0.15) is 0 Å². The Balaban J connectivity index is 1.73. The summed E-state index contributed by atoms with van der Waals surface area (Å²) in [5, 5.41) is 5.12. The van der Waals surface area contributed by atoms with E-state index < -0.39 is 0 Å². The molecule has 1 aliphatic heterocycles. The summed E-state index contributed by atoms with van der Waals surface area (Å²) in [6.07, 6.45) is 4.05. The smallest absolute Gasteiger partial charge is 0.253 e. The number of halogens is 1. The van der Waals surface area contributed by atoms with Crippen LogP contribution in [0.3, 0.4) is 0 Å². The average Bonchev–Trinajstić information content (AvgIpc) is 2.94. The van der Waals surface area contributed by atoms with Gasteiger partial charge in [-0.2, -0.15) is 5.10 Å². The van der Waals surface area contributed by atoms with E-state index in [1.165, 1.54) is 0 Å². The van der Waals surface area contributed by atoms with Crippen molar-refractivity contribution in [2.75, 3.05) is 13.1 Å². The van der Waals surface area contributed by atoms with E-state index in [1.807, 2.05) is 28.9 Å². The van der Waals surface area contributed by atoms with Crippen molar-refractivity contribution in [3.63, 3.8) is 0 Å². The van der Waals surface area contributed by atoms with Crippen LogP contribution in [0.25, 0.3) is 0 Å². The van der Waals surface area contributed by atoms with Crippen LogP contribution in [-0.2, 0) is 7.05 Å². The van der Waals surface area contributed by atoms with E-state index in [0.29, 0.717) is 16.5 Å². The number of nitrogens with zero attached hydrogens (tertiary/aromatic N) is 3. The van der Waals surface area contributed by atoms with E-state index in [-0.39, 0.29) is 5.91 Å². The monoisotopic (exact) mass is 303 g/mol. The SMILES string of the molecule is Cn1ccc([C@@H]2CCCN(C(=O)c3ccc(Cl)cc3)C2)n1. The van der Waals surface area contributed by atoms with Gasteiger partial charge >= 0.3 is 0 Å². The van der Waals surface area contributed by atoms with Gasteiger partial charge in [-0.1, -0.05) is 11.6 Å². The minimum absolute atomic E-state index is 0.0762. The maximum atomic E-state index is 12.6. The highest BCUT2D eigenvalue weighted by atomic mass is 35.5. The molecule has 0 unspecified atom stereocenters. The largest absolute Gasteiger partial charge is 0.338 e. The molecule has 0 bridgehead atoms. The van der Waals surface area contributed by atoms with E-state index in [0.717, 1.165) is 31.6 Å². The summed E-state index contributed by atoms with van der Waals surface area (Å²) in [5.41, 5.74) is 1.77. The molecule has 4 nitrogen and oxygen atoms in total. The normalized spacial score (nSPS) is 18.8. The summed E-state index contributed by atoms with van der Waals surface area (Å²) >= 11 is 5.87. The second-order valence-corrected chi connectivity index (χ2v) is 5.95. The lowest BCUT2D eigenvalue weighted by Gasteiger charge is -2.32. The first-order valence-electron chi connectivity index (χ1n) is 7.18. The third kappa shape index (κ3) is 3.10. The molecule has 2 heterocycles. The van der Waals surface area contributed by atoms with Gasteiger partial charge in [0.05, 0.1) is 5.69 Å². The number of piperidine rings is 1. The lowest BCUT2D eigenvalue weighted by atomic mass is 9.94. The van der Waals surface area contributed by atoms with Crippen LogP contribution in [0.5, 0.6) is 0 Å². The summed E-state index contributed by atoms with van der Waals surface area (Å²) in [6.45, 7) is 1.54. The third-order valence-corrected chi connectivity index (χ3v) is 4.20. The Morgan fingerprint density at radius 2 is 2.05 bits per heavy atom. The Labute approximate surface area is 129 Å². The molecule has 2 aromatic rings. The van der Waals surface area contributed by atoms with Crippen LogP contribution in [-0.4, -0.2) is 33.7 Å². The number of amides is 1.